The number of hydrazine groups is 1. The van der Waals surface area contributed by atoms with E-state index in [1.165, 1.54) is 4.90 Å². The zero-order valence-electron chi connectivity index (χ0n) is 13.3. The smallest absolute Gasteiger partial charge is 0.253 e. The predicted molar refractivity (Wildman–Crippen MR) is 86.5 cm³/mol. The molecule has 2 atom stereocenters. The topological polar surface area (TPSA) is 73.5 Å². The second kappa shape index (κ2) is 7.38. The van der Waals surface area contributed by atoms with Gasteiger partial charge in [0.15, 0.2) is 0 Å². The average molecular weight is 304 g/mol. The standard InChI is InChI=1S/C16H24N4O2/c1-4-6-13-10-14(19-18-13)15(21)17-12-8-5-7-11(9-12)16(22)20(2)3/h5,7-9,13-14,18-19H,4,6,10H2,1-3H3,(H,17,21). The van der Waals surface area contributed by atoms with E-state index < -0.39 is 0 Å². The molecule has 120 valence electrons. The molecule has 1 aromatic carbocycles. The van der Waals surface area contributed by atoms with Crippen LogP contribution in [-0.2, 0) is 4.79 Å². The van der Waals surface area contributed by atoms with Crippen LogP contribution < -0.4 is 16.2 Å². The molecule has 2 unspecified atom stereocenters. The Morgan fingerprint density at radius 3 is 2.77 bits per heavy atom. The number of hydrogen-bond acceptors (Lipinski definition) is 4. The molecule has 3 N–H and O–H groups in total. The second-order valence-corrected chi connectivity index (χ2v) is 5.83. The lowest BCUT2D eigenvalue weighted by Gasteiger charge is -2.13. The van der Waals surface area contributed by atoms with Crippen LogP contribution in [0.2, 0.25) is 0 Å². The molecule has 1 aromatic rings. The Labute approximate surface area is 131 Å². The third kappa shape index (κ3) is 4.05. The van der Waals surface area contributed by atoms with Crippen LogP contribution in [0.3, 0.4) is 0 Å². The normalized spacial score (nSPS) is 20.7. The highest BCUT2D eigenvalue weighted by Gasteiger charge is 2.28. The van der Waals surface area contributed by atoms with Gasteiger partial charge in [-0.05, 0) is 31.0 Å². The summed E-state index contributed by atoms with van der Waals surface area (Å²) in [6.45, 7) is 2.13. The van der Waals surface area contributed by atoms with Crippen LogP contribution in [0, 0.1) is 0 Å². The first-order valence-electron chi connectivity index (χ1n) is 7.65. The van der Waals surface area contributed by atoms with Crippen molar-refractivity contribution in [1.82, 2.24) is 15.8 Å². The Morgan fingerprint density at radius 2 is 2.09 bits per heavy atom. The van der Waals surface area contributed by atoms with Crippen molar-refractivity contribution in [2.45, 2.75) is 38.3 Å². The molecule has 0 bridgehead atoms. The minimum Gasteiger partial charge on any atom is -0.345 e. The molecule has 0 aromatic heterocycles. The van der Waals surface area contributed by atoms with Gasteiger partial charge in [0.25, 0.3) is 5.91 Å². The van der Waals surface area contributed by atoms with Crippen LogP contribution in [0.4, 0.5) is 5.69 Å². The zero-order chi connectivity index (χ0) is 16.1. The molecule has 1 fully saturated rings. The maximum atomic E-state index is 12.3. The predicted octanol–water partition coefficient (Wildman–Crippen LogP) is 1.36. The van der Waals surface area contributed by atoms with Crippen molar-refractivity contribution in [3.8, 4) is 0 Å². The van der Waals surface area contributed by atoms with Gasteiger partial charge < -0.3 is 10.2 Å². The summed E-state index contributed by atoms with van der Waals surface area (Å²) in [6.07, 6.45) is 2.90. The van der Waals surface area contributed by atoms with Gasteiger partial charge in [-0.25, -0.2) is 5.43 Å². The average Bonchev–Trinajstić information content (AvgIpc) is 2.96. The molecule has 1 saturated heterocycles. The summed E-state index contributed by atoms with van der Waals surface area (Å²) in [5, 5.41) is 2.87. The van der Waals surface area contributed by atoms with E-state index in [2.05, 4.69) is 23.1 Å². The van der Waals surface area contributed by atoms with Crippen LogP contribution in [0.15, 0.2) is 24.3 Å². The maximum Gasteiger partial charge on any atom is 0.253 e. The van der Waals surface area contributed by atoms with Crippen LogP contribution >= 0.6 is 0 Å². The minimum absolute atomic E-state index is 0.0828. The monoisotopic (exact) mass is 304 g/mol. The van der Waals surface area contributed by atoms with Crippen LogP contribution in [0.1, 0.15) is 36.5 Å². The molecule has 2 amide bonds. The van der Waals surface area contributed by atoms with E-state index in [-0.39, 0.29) is 17.9 Å². The van der Waals surface area contributed by atoms with Crippen molar-refractivity contribution in [3.05, 3.63) is 29.8 Å². The molecule has 6 heteroatoms. The van der Waals surface area contributed by atoms with Gasteiger partial charge in [0.05, 0.1) is 0 Å². The Kier molecular flexibility index (Phi) is 5.51. The first-order valence-corrected chi connectivity index (χ1v) is 7.65. The SMILES string of the molecule is CCCC1CC(C(=O)Nc2cccc(C(=O)N(C)C)c2)NN1. The number of amides is 2. The molecule has 1 heterocycles. The number of rotatable bonds is 5. The van der Waals surface area contributed by atoms with Gasteiger partial charge >= 0.3 is 0 Å². The third-order valence-corrected chi connectivity index (χ3v) is 3.72. The third-order valence-electron chi connectivity index (χ3n) is 3.72. The van der Waals surface area contributed by atoms with E-state index in [0.717, 1.165) is 19.3 Å². The van der Waals surface area contributed by atoms with E-state index in [1.54, 1.807) is 38.4 Å². The van der Waals surface area contributed by atoms with Gasteiger partial charge in [0, 0.05) is 31.4 Å². The number of benzene rings is 1. The summed E-state index contributed by atoms with van der Waals surface area (Å²) >= 11 is 0. The van der Waals surface area contributed by atoms with Crippen molar-refractivity contribution in [2.24, 2.45) is 0 Å². The summed E-state index contributed by atoms with van der Waals surface area (Å²) in [7, 11) is 3.41. The molecule has 0 spiro atoms. The minimum atomic E-state index is -0.246. The number of carbonyl (C=O) groups excluding carboxylic acids is 2. The van der Waals surface area contributed by atoms with E-state index in [9.17, 15) is 9.59 Å². The van der Waals surface area contributed by atoms with Gasteiger partial charge in [-0.2, -0.15) is 0 Å². The molecular weight excluding hydrogens is 280 g/mol. The van der Waals surface area contributed by atoms with Gasteiger partial charge in [-0.1, -0.05) is 19.4 Å². The molecule has 22 heavy (non-hydrogen) atoms. The molecule has 0 aliphatic carbocycles. The number of hydrogen-bond donors (Lipinski definition) is 3. The van der Waals surface area contributed by atoms with Crippen molar-refractivity contribution in [1.29, 1.82) is 0 Å². The lowest BCUT2D eigenvalue weighted by Crippen LogP contribution is -2.40. The fraction of sp³-hybridized carbons (Fsp3) is 0.500. The fourth-order valence-corrected chi connectivity index (χ4v) is 2.55. The van der Waals surface area contributed by atoms with Crippen LogP contribution in [0.5, 0.6) is 0 Å². The lowest BCUT2D eigenvalue weighted by atomic mass is 10.1. The summed E-state index contributed by atoms with van der Waals surface area (Å²) in [4.78, 5) is 25.7. The number of nitrogens with zero attached hydrogens (tertiary/aromatic N) is 1. The van der Waals surface area contributed by atoms with Crippen molar-refractivity contribution in [2.75, 3.05) is 19.4 Å². The molecule has 0 radical (unpaired) electrons. The van der Waals surface area contributed by atoms with Crippen molar-refractivity contribution in [3.63, 3.8) is 0 Å². The molecule has 1 aliphatic rings. The van der Waals surface area contributed by atoms with E-state index in [4.69, 9.17) is 0 Å². The van der Waals surface area contributed by atoms with Crippen molar-refractivity contribution < 1.29 is 9.59 Å². The Morgan fingerprint density at radius 1 is 1.32 bits per heavy atom. The molecule has 6 nitrogen and oxygen atoms in total. The first kappa shape index (κ1) is 16.5. The number of anilines is 1. The highest BCUT2D eigenvalue weighted by Crippen LogP contribution is 2.15. The number of nitrogens with one attached hydrogen (secondary N) is 3. The molecule has 2 rings (SSSR count). The van der Waals surface area contributed by atoms with E-state index in [0.29, 0.717) is 17.3 Å². The van der Waals surface area contributed by atoms with Crippen molar-refractivity contribution >= 4 is 17.5 Å². The lowest BCUT2D eigenvalue weighted by molar-refractivity contribution is -0.117. The number of carbonyl (C=O) groups is 2. The van der Waals surface area contributed by atoms with Crippen LogP contribution in [0.25, 0.3) is 0 Å². The highest BCUT2D eigenvalue weighted by atomic mass is 16.2. The Hall–Kier alpha value is -1.92. The molecular formula is C16H24N4O2. The van der Waals surface area contributed by atoms with E-state index >= 15 is 0 Å². The summed E-state index contributed by atoms with van der Waals surface area (Å²) < 4.78 is 0. The summed E-state index contributed by atoms with van der Waals surface area (Å²) in [6, 6.07) is 7.09. The Bertz CT molecular complexity index is 545. The van der Waals surface area contributed by atoms with Gasteiger partial charge in [0.2, 0.25) is 5.91 Å². The maximum absolute atomic E-state index is 12.3. The van der Waals surface area contributed by atoms with E-state index in [1.807, 2.05) is 0 Å². The highest BCUT2D eigenvalue weighted by molar-refractivity contribution is 5.98. The summed E-state index contributed by atoms with van der Waals surface area (Å²) in [5.74, 6) is -0.166. The fourth-order valence-electron chi connectivity index (χ4n) is 2.55. The molecule has 1 aliphatic heterocycles. The molecule has 0 saturated carbocycles. The largest absolute Gasteiger partial charge is 0.345 e. The summed E-state index contributed by atoms with van der Waals surface area (Å²) in [5.41, 5.74) is 7.37. The first-order chi connectivity index (χ1) is 10.5. The zero-order valence-corrected chi connectivity index (χ0v) is 13.3. The quantitative estimate of drug-likeness (QED) is 0.768. The Balaban J connectivity index is 1.97. The van der Waals surface area contributed by atoms with Gasteiger partial charge in [-0.3, -0.25) is 15.0 Å². The van der Waals surface area contributed by atoms with Gasteiger partial charge in [0.1, 0.15) is 6.04 Å². The van der Waals surface area contributed by atoms with Gasteiger partial charge in [-0.15, -0.1) is 0 Å². The van der Waals surface area contributed by atoms with Crippen LogP contribution in [-0.4, -0.2) is 42.9 Å². The second-order valence-electron chi connectivity index (χ2n) is 5.83.